The van der Waals surface area contributed by atoms with Gasteiger partial charge in [0.05, 0.1) is 12.7 Å². The molecular weight excluding hydrogens is 344 g/mol. The van der Waals surface area contributed by atoms with Crippen LogP contribution in [0.15, 0.2) is 67.0 Å². The van der Waals surface area contributed by atoms with Gasteiger partial charge in [-0.2, -0.15) is 0 Å². The minimum Gasteiger partial charge on any atom is -0.465 e. The quantitative estimate of drug-likeness (QED) is 0.701. The monoisotopic (exact) mass is 362 g/mol. The van der Waals surface area contributed by atoms with Gasteiger partial charge in [0.25, 0.3) is 5.91 Å². The molecule has 0 aliphatic heterocycles. The van der Waals surface area contributed by atoms with Gasteiger partial charge in [0.15, 0.2) is 0 Å². The number of methoxy groups -OCH3 is 1. The number of hydrogen-bond donors (Lipinski definition) is 1. The van der Waals surface area contributed by atoms with E-state index in [0.717, 1.165) is 5.69 Å². The van der Waals surface area contributed by atoms with Gasteiger partial charge >= 0.3 is 5.97 Å². The van der Waals surface area contributed by atoms with E-state index >= 15 is 0 Å². The second kappa shape index (κ2) is 8.09. The lowest BCUT2D eigenvalue weighted by atomic mass is 10.2. The molecule has 0 aliphatic carbocycles. The number of benzene rings is 2. The molecule has 0 bridgehead atoms. The SMILES string of the molecule is COC(=O)c1ccc(NC(=O)c2cc(N(C)c3ccccc3)ncn2)cc1. The fraction of sp³-hybridized carbons (Fsp3) is 0.100. The number of rotatable bonds is 5. The number of hydrogen-bond acceptors (Lipinski definition) is 6. The maximum absolute atomic E-state index is 12.5. The fourth-order valence-electron chi connectivity index (χ4n) is 2.44. The average molecular weight is 362 g/mol. The van der Waals surface area contributed by atoms with Crippen LogP contribution in [-0.4, -0.2) is 36.0 Å². The van der Waals surface area contributed by atoms with E-state index in [9.17, 15) is 9.59 Å². The summed E-state index contributed by atoms with van der Waals surface area (Å²) in [6.45, 7) is 0. The van der Waals surface area contributed by atoms with E-state index < -0.39 is 5.97 Å². The molecule has 0 atom stereocenters. The van der Waals surface area contributed by atoms with Gasteiger partial charge in [0.1, 0.15) is 17.8 Å². The van der Waals surface area contributed by atoms with E-state index in [4.69, 9.17) is 0 Å². The van der Waals surface area contributed by atoms with Gasteiger partial charge in [0.2, 0.25) is 0 Å². The fourth-order valence-corrected chi connectivity index (χ4v) is 2.44. The summed E-state index contributed by atoms with van der Waals surface area (Å²) in [6, 6.07) is 17.7. The van der Waals surface area contributed by atoms with Crippen molar-refractivity contribution in [3.63, 3.8) is 0 Å². The first-order valence-corrected chi connectivity index (χ1v) is 8.19. The second-order valence-corrected chi connectivity index (χ2v) is 5.68. The summed E-state index contributed by atoms with van der Waals surface area (Å²) in [5, 5.41) is 2.75. The van der Waals surface area contributed by atoms with Gasteiger partial charge in [-0.25, -0.2) is 14.8 Å². The molecule has 1 aromatic heterocycles. The highest BCUT2D eigenvalue weighted by Crippen LogP contribution is 2.21. The van der Waals surface area contributed by atoms with Crippen LogP contribution >= 0.6 is 0 Å². The Kier molecular flexibility index (Phi) is 5.41. The predicted molar refractivity (Wildman–Crippen MR) is 102 cm³/mol. The van der Waals surface area contributed by atoms with E-state index in [1.807, 2.05) is 42.3 Å². The van der Waals surface area contributed by atoms with Crippen molar-refractivity contribution in [2.24, 2.45) is 0 Å². The Morgan fingerprint density at radius 3 is 2.37 bits per heavy atom. The van der Waals surface area contributed by atoms with E-state index in [1.165, 1.54) is 13.4 Å². The molecule has 1 N–H and O–H groups in total. The number of carbonyl (C=O) groups is 2. The molecule has 0 saturated carbocycles. The first kappa shape index (κ1) is 18.1. The zero-order valence-electron chi connectivity index (χ0n) is 14.9. The molecule has 0 saturated heterocycles. The Bertz CT molecular complexity index is 943. The maximum atomic E-state index is 12.5. The third-order valence-corrected chi connectivity index (χ3v) is 3.94. The van der Waals surface area contributed by atoms with Crippen molar-refractivity contribution in [1.29, 1.82) is 0 Å². The number of ether oxygens (including phenoxy) is 1. The molecule has 0 spiro atoms. The lowest BCUT2D eigenvalue weighted by Crippen LogP contribution is -2.17. The van der Waals surface area contributed by atoms with E-state index in [-0.39, 0.29) is 11.6 Å². The summed E-state index contributed by atoms with van der Waals surface area (Å²) in [5.74, 6) is -0.203. The molecule has 7 nitrogen and oxygen atoms in total. The highest BCUT2D eigenvalue weighted by molar-refractivity contribution is 6.03. The number of anilines is 3. The van der Waals surface area contributed by atoms with Crippen molar-refractivity contribution in [1.82, 2.24) is 9.97 Å². The average Bonchev–Trinajstić information content (AvgIpc) is 2.74. The number of aromatic nitrogens is 2. The largest absolute Gasteiger partial charge is 0.465 e. The Morgan fingerprint density at radius 1 is 1.00 bits per heavy atom. The summed E-state index contributed by atoms with van der Waals surface area (Å²) in [7, 11) is 3.18. The zero-order valence-corrected chi connectivity index (χ0v) is 14.9. The normalized spacial score (nSPS) is 10.1. The Labute approximate surface area is 156 Å². The first-order valence-electron chi connectivity index (χ1n) is 8.19. The van der Waals surface area contributed by atoms with Gasteiger partial charge in [-0.05, 0) is 36.4 Å². The van der Waals surface area contributed by atoms with Gasteiger partial charge in [-0.1, -0.05) is 18.2 Å². The third kappa shape index (κ3) is 4.27. The van der Waals surface area contributed by atoms with Crippen molar-refractivity contribution in [2.75, 3.05) is 24.4 Å². The Morgan fingerprint density at radius 2 is 1.70 bits per heavy atom. The van der Waals surface area contributed by atoms with Crippen LogP contribution in [0.2, 0.25) is 0 Å². The molecule has 0 unspecified atom stereocenters. The van der Waals surface area contributed by atoms with Crippen molar-refractivity contribution in [2.45, 2.75) is 0 Å². The molecule has 0 aliphatic rings. The zero-order chi connectivity index (χ0) is 19.2. The van der Waals surface area contributed by atoms with Crippen LogP contribution in [0.25, 0.3) is 0 Å². The molecular formula is C20H18N4O3. The lowest BCUT2D eigenvalue weighted by molar-refractivity contribution is 0.0600. The lowest BCUT2D eigenvalue weighted by Gasteiger charge is -2.18. The summed E-state index contributed by atoms with van der Waals surface area (Å²) < 4.78 is 4.65. The van der Waals surface area contributed by atoms with Crippen molar-refractivity contribution in [3.8, 4) is 0 Å². The Hall–Kier alpha value is -3.74. The van der Waals surface area contributed by atoms with Crippen molar-refractivity contribution < 1.29 is 14.3 Å². The molecule has 1 heterocycles. The van der Waals surface area contributed by atoms with Crippen LogP contribution < -0.4 is 10.2 Å². The topological polar surface area (TPSA) is 84.4 Å². The summed E-state index contributed by atoms with van der Waals surface area (Å²) >= 11 is 0. The van der Waals surface area contributed by atoms with E-state index in [0.29, 0.717) is 17.1 Å². The molecule has 1 amide bonds. The minimum atomic E-state index is -0.433. The van der Waals surface area contributed by atoms with Crippen LogP contribution in [0.4, 0.5) is 17.2 Å². The van der Waals surface area contributed by atoms with Crippen molar-refractivity contribution in [3.05, 3.63) is 78.2 Å². The number of nitrogens with zero attached hydrogens (tertiary/aromatic N) is 3. The smallest absolute Gasteiger partial charge is 0.337 e. The molecule has 136 valence electrons. The van der Waals surface area contributed by atoms with Crippen LogP contribution in [0, 0.1) is 0 Å². The molecule has 0 fully saturated rings. The van der Waals surface area contributed by atoms with Gasteiger partial charge in [0, 0.05) is 24.5 Å². The predicted octanol–water partition coefficient (Wildman–Crippen LogP) is 3.28. The molecule has 0 radical (unpaired) electrons. The molecule has 3 aromatic rings. The number of amides is 1. The van der Waals surface area contributed by atoms with Crippen molar-refractivity contribution >= 4 is 29.1 Å². The van der Waals surface area contributed by atoms with Crippen LogP contribution in [0.1, 0.15) is 20.8 Å². The van der Waals surface area contributed by atoms with E-state index in [2.05, 4.69) is 20.0 Å². The first-order chi connectivity index (χ1) is 13.1. The molecule has 7 heteroatoms. The number of esters is 1. The van der Waals surface area contributed by atoms with E-state index in [1.54, 1.807) is 30.3 Å². The summed E-state index contributed by atoms with van der Waals surface area (Å²) in [5.41, 5.74) is 2.13. The standard InChI is InChI=1S/C20H18N4O3/c1-24(16-6-4-3-5-7-16)18-12-17(21-13-22-18)19(25)23-15-10-8-14(9-11-15)20(26)27-2/h3-13H,1-2H3,(H,23,25). The number of para-hydroxylation sites is 1. The van der Waals surface area contributed by atoms with Gasteiger partial charge in [-0.3, -0.25) is 4.79 Å². The number of carbonyl (C=O) groups excluding carboxylic acids is 2. The van der Waals surface area contributed by atoms with Crippen LogP contribution in [-0.2, 0) is 4.74 Å². The second-order valence-electron chi connectivity index (χ2n) is 5.68. The summed E-state index contributed by atoms with van der Waals surface area (Å²) in [6.07, 6.45) is 1.35. The highest BCUT2D eigenvalue weighted by atomic mass is 16.5. The molecule has 2 aromatic carbocycles. The molecule has 3 rings (SSSR count). The van der Waals surface area contributed by atoms with Gasteiger partial charge in [-0.15, -0.1) is 0 Å². The molecule has 27 heavy (non-hydrogen) atoms. The minimum absolute atomic E-state index is 0.236. The van der Waals surface area contributed by atoms with Crippen LogP contribution in [0.3, 0.4) is 0 Å². The van der Waals surface area contributed by atoms with Gasteiger partial charge < -0.3 is 15.0 Å². The number of nitrogens with one attached hydrogen (secondary N) is 1. The highest BCUT2D eigenvalue weighted by Gasteiger charge is 2.13. The third-order valence-electron chi connectivity index (χ3n) is 3.94. The summed E-state index contributed by atoms with van der Waals surface area (Å²) in [4.78, 5) is 34.1. The van der Waals surface area contributed by atoms with Crippen LogP contribution in [0.5, 0.6) is 0 Å². The Balaban J connectivity index is 1.75. The maximum Gasteiger partial charge on any atom is 0.337 e.